The molecule has 5 nitrogen and oxygen atoms in total. The highest BCUT2D eigenvalue weighted by Crippen LogP contribution is 2.28. The molecule has 20 heavy (non-hydrogen) atoms. The van der Waals surface area contributed by atoms with E-state index in [4.69, 9.17) is 5.11 Å². The summed E-state index contributed by atoms with van der Waals surface area (Å²) in [5.41, 5.74) is 3.87. The normalized spacial score (nSPS) is 13.4. The standard InChI is InChI=1S/C14H15N3O2S/c1-17-13(15-16-14(17)20-8-12(18)19)11-6-5-9-3-2-4-10(9)7-11/h5-7H,2-4,8H2,1H3,(H,18,19). The Labute approximate surface area is 121 Å². The highest BCUT2D eigenvalue weighted by atomic mass is 32.2. The lowest BCUT2D eigenvalue weighted by Crippen LogP contribution is -2.01. The van der Waals surface area contributed by atoms with Crippen LogP contribution in [0.2, 0.25) is 0 Å². The van der Waals surface area contributed by atoms with Crippen LogP contribution in [0.15, 0.2) is 23.4 Å². The smallest absolute Gasteiger partial charge is 0.313 e. The number of fused-ring (bicyclic) bond motifs is 1. The summed E-state index contributed by atoms with van der Waals surface area (Å²) in [4.78, 5) is 10.6. The molecule has 0 fully saturated rings. The molecule has 0 unspecified atom stereocenters. The Kier molecular flexibility index (Phi) is 3.48. The molecule has 3 rings (SSSR count). The van der Waals surface area contributed by atoms with Gasteiger partial charge >= 0.3 is 5.97 Å². The SMILES string of the molecule is Cn1c(SCC(=O)O)nnc1-c1ccc2c(c1)CCC2. The first kappa shape index (κ1) is 13.2. The number of carboxylic acid groups (broad SMARTS) is 1. The molecule has 0 spiro atoms. The van der Waals surface area contributed by atoms with Gasteiger partial charge in [0.25, 0.3) is 0 Å². The summed E-state index contributed by atoms with van der Waals surface area (Å²) in [6.07, 6.45) is 3.51. The largest absolute Gasteiger partial charge is 0.481 e. The minimum atomic E-state index is -0.850. The predicted molar refractivity (Wildman–Crippen MR) is 76.8 cm³/mol. The van der Waals surface area contributed by atoms with Crippen LogP contribution >= 0.6 is 11.8 Å². The number of thioether (sulfide) groups is 1. The third kappa shape index (κ3) is 2.43. The van der Waals surface area contributed by atoms with Gasteiger partial charge in [-0.1, -0.05) is 23.9 Å². The van der Waals surface area contributed by atoms with Crippen LogP contribution in [0.5, 0.6) is 0 Å². The van der Waals surface area contributed by atoms with Crippen LogP contribution in [0, 0.1) is 0 Å². The molecular formula is C14H15N3O2S. The summed E-state index contributed by atoms with van der Waals surface area (Å²) in [6.45, 7) is 0. The fourth-order valence-electron chi connectivity index (χ4n) is 2.53. The molecule has 0 saturated heterocycles. The Hall–Kier alpha value is -1.82. The molecule has 1 N–H and O–H groups in total. The number of aromatic nitrogens is 3. The highest BCUT2D eigenvalue weighted by Gasteiger charge is 2.16. The number of carboxylic acids is 1. The van der Waals surface area contributed by atoms with E-state index in [0.29, 0.717) is 5.16 Å². The van der Waals surface area contributed by atoms with Crippen LogP contribution in [0.1, 0.15) is 17.5 Å². The van der Waals surface area contributed by atoms with Crippen LogP contribution in [-0.4, -0.2) is 31.6 Å². The van der Waals surface area contributed by atoms with Crippen molar-refractivity contribution in [2.24, 2.45) is 7.05 Å². The molecule has 1 aliphatic carbocycles. The van der Waals surface area contributed by atoms with Crippen LogP contribution in [-0.2, 0) is 24.7 Å². The molecule has 0 atom stereocenters. The zero-order chi connectivity index (χ0) is 14.1. The van der Waals surface area contributed by atoms with Gasteiger partial charge in [0.2, 0.25) is 0 Å². The third-order valence-corrected chi connectivity index (χ3v) is 4.52. The summed E-state index contributed by atoms with van der Waals surface area (Å²) in [5, 5.41) is 17.6. The van der Waals surface area contributed by atoms with Gasteiger partial charge in [-0.15, -0.1) is 10.2 Å². The van der Waals surface area contributed by atoms with Gasteiger partial charge in [0.15, 0.2) is 11.0 Å². The van der Waals surface area contributed by atoms with E-state index >= 15 is 0 Å². The molecule has 2 aromatic rings. The van der Waals surface area contributed by atoms with Crippen LogP contribution in [0.4, 0.5) is 0 Å². The molecule has 0 radical (unpaired) electrons. The van der Waals surface area contributed by atoms with Crippen molar-refractivity contribution in [2.75, 3.05) is 5.75 Å². The second-order valence-corrected chi connectivity index (χ2v) is 5.83. The average molecular weight is 289 g/mol. The summed E-state index contributed by atoms with van der Waals surface area (Å²) in [6, 6.07) is 6.41. The van der Waals surface area contributed by atoms with E-state index in [1.807, 2.05) is 11.6 Å². The van der Waals surface area contributed by atoms with Gasteiger partial charge < -0.3 is 9.67 Å². The monoisotopic (exact) mass is 289 g/mol. The first-order valence-corrected chi connectivity index (χ1v) is 7.50. The fraction of sp³-hybridized carbons (Fsp3) is 0.357. The quantitative estimate of drug-likeness (QED) is 0.873. The summed E-state index contributed by atoms with van der Waals surface area (Å²) in [7, 11) is 1.87. The number of carbonyl (C=O) groups is 1. The van der Waals surface area contributed by atoms with E-state index in [-0.39, 0.29) is 5.75 Å². The number of aryl methyl sites for hydroxylation is 2. The maximum atomic E-state index is 10.6. The fourth-order valence-corrected chi connectivity index (χ4v) is 3.16. The Bertz CT molecular complexity index is 666. The lowest BCUT2D eigenvalue weighted by Gasteiger charge is -2.05. The molecule has 0 aliphatic heterocycles. The van der Waals surface area contributed by atoms with E-state index in [9.17, 15) is 4.79 Å². The number of rotatable bonds is 4. The van der Waals surface area contributed by atoms with Crippen molar-refractivity contribution in [1.82, 2.24) is 14.8 Å². The topological polar surface area (TPSA) is 68.0 Å². The van der Waals surface area contributed by atoms with E-state index < -0.39 is 5.97 Å². The molecule has 1 heterocycles. The highest BCUT2D eigenvalue weighted by molar-refractivity contribution is 7.99. The lowest BCUT2D eigenvalue weighted by atomic mass is 10.1. The molecule has 1 aromatic heterocycles. The summed E-state index contributed by atoms with van der Waals surface area (Å²) >= 11 is 1.19. The minimum absolute atomic E-state index is 0.00381. The van der Waals surface area contributed by atoms with E-state index in [1.165, 1.54) is 29.3 Å². The maximum absolute atomic E-state index is 10.6. The predicted octanol–water partition coefficient (Wildman–Crippen LogP) is 2.15. The van der Waals surface area contributed by atoms with Crippen LogP contribution < -0.4 is 0 Å². The van der Waals surface area contributed by atoms with E-state index in [1.54, 1.807) is 0 Å². The molecule has 104 valence electrons. The number of aliphatic carboxylic acids is 1. The van der Waals surface area contributed by atoms with Crippen LogP contribution in [0.25, 0.3) is 11.4 Å². The van der Waals surface area contributed by atoms with Crippen molar-refractivity contribution in [2.45, 2.75) is 24.4 Å². The third-order valence-electron chi connectivity index (χ3n) is 3.52. The van der Waals surface area contributed by atoms with Gasteiger partial charge in [-0.05, 0) is 36.5 Å². The molecule has 0 saturated carbocycles. The minimum Gasteiger partial charge on any atom is -0.481 e. The van der Waals surface area contributed by atoms with Crippen molar-refractivity contribution in [1.29, 1.82) is 0 Å². The molecule has 1 aromatic carbocycles. The first-order valence-electron chi connectivity index (χ1n) is 6.51. The van der Waals surface area contributed by atoms with Gasteiger partial charge in [0, 0.05) is 12.6 Å². The molecule has 6 heteroatoms. The van der Waals surface area contributed by atoms with Gasteiger partial charge in [0.1, 0.15) is 0 Å². The Morgan fingerprint density at radius 3 is 2.95 bits per heavy atom. The number of hydrogen-bond donors (Lipinski definition) is 1. The lowest BCUT2D eigenvalue weighted by molar-refractivity contribution is -0.133. The first-order chi connectivity index (χ1) is 9.65. The van der Waals surface area contributed by atoms with E-state index in [0.717, 1.165) is 24.2 Å². The number of hydrogen-bond acceptors (Lipinski definition) is 4. The Morgan fingerprint density at radius 1 is 1.35 bits per heavy atom. The van der Waals surface area contributed by atoms with Gasteiger partial charge in [-0.3, -0.25) is 4.79 Å². The second-order valence-electron chi connectivity index (χ2n) is 4.88. The average Bonchev–Trinajstić information content (AvgIpc) is 3.02. The van der Waals surface area contributed by atoms with Crippen molar-refractivity contribution in [3.63, 3.8) is 0 Å². The van der Waals surface area contributed by atoms with Crippen molar-refractivity contribution >= 4 is 17.7 Å². The van der Waals surface area contributed by atoms with Crippen molar-refractivity contribution in [3.8, 4) is 11.4 Å². The Balaban J connectivity index is 1.89. The van der Waals surface area contributed by atoms with Gasteiger partial charge in [0.05, 0.1) is 5.75 Å². The zero-order valence-electron chi connectivity index (χ0n) is 11.2. The molecule has 0 amide bonds. The number of nitrogens with zero attached hydrogens (tertiary/aromatic N) is 3. The number of benzene rings is 1. The molecular weight excluding hydrogens is 274 g/mol. The molecule has 0 bridgehead atoms. The Morgan fingerprint density at radius 2 is 2.15 bits per heavy atom. The van der Waals surface area contributed by atoms with Crippen LogP contribution in [0.3, 0.4) is 0 Å². The van der Waals surface area contributed by atoms with Gasteiger partial charge in [-0.2, -0.15) is 0 Å². The molecule has 1 aliphatic rings. The van der Waals surface area contributed by atoms with Crippen molar-refractivity contribution < 1.29 is 9.90 Å². The van der Waals surface area contributed by atoms with Gasteiger partial charge in [-0.25, -0.2) is 0 Å². The van der Waals surface area contributed by atoms with Crippen molar-refractivity contribution in [3.05, 3.63) is 29.3 Å². The summed E-state index contributed by atoms with van der Waals surface area (Å²) in [5.74, 6) is -0.0689. The summed E-state index contributed by atoms with van der Waals surface area (Å²) < 4.78 is 1.85. The van der Waals surface area contributed by atoms with E-state index in [2.05, 4.69) is 28.4 Å². The second kappa shape index (κ2) is 5.28. The zero-order valence-corrected chi connectivity index (χ0v) is 12.0. The maximum Gasteiger partial charge on any atom is 0.313 e.